The number of carbonyl (C=O) groups excluding carboxylic acids is 2. The fourth-order valence-corrected chi connectivity index (χ4v) is 3.30. The summed E-state index contributed by atoms with van der Waals surface area (Å²) in [4.78, 5) is 35.9. The van der Waals surface area contributed by atoms with E-state index in [1.807, 2.05) is 0 Å². The molecule has 2 amide bonds. The van der Waals surface area contributed by atoms with Crippen LogP contribution < -0.4 is 0 Å². The smallest absolute Gasteiger partial charge is 0.293 e. The largest absolute Gasteiger partial charge is 0.317 e. The van der Waals surface area contributed by atoms with Gasteiger partial charge in [0.25, 0.3) is 16.8 Å². The number of benzene rings is 1. The number of thioether (sulfide) groups is 1. The standard InChI is InChI=1S/C16H13N3O4S/c1-2-17-15(20)14(24-16(17)21)10-12-7-4-8-18(12)11-5-3-6-13(9-11)19(22)23/h3-10H,2H2,1H3/b14-10+. The van der Waals surface area contributed by atoms with Crippen molar-refractivity contribution in [2.45, 2.75) is 6.92 Å². The van der Waals surface area contributed by atoms with Crippen LogP contribution >= 0.6 is 11.8 Å². The predicted octanol–water partition coefficient (Wildman–Crippen LogP) is 3.44. The van der Waals surface area contributed by atoms with E-state index in [0.29, 0.717) is 22.8 Å². The Labute approximate surface area is 141 Å². The number of aromatic nitrogens is 1. The minimum Gasteiger partial charge on any atom is -0.317 e. The number of hydrogen-bond acceptors (Lipinski definition) is 5. The second kappa shape index (κ2) is 6.32. The first kappa shape index (κ1) is 16.0. The molecule has 1 saturated heterocycles. The highest BCUT2D eigenvalue weighted by atomic mass is 32.2. The van der Waals surface area contributed by atoms with Crippen molar-refractivity contribution in [3.63, 3.8) is 0 Å². The first-order valence-corrected chi connectivity index (χ1v) is 8.00. The number of hydrogen-bond donors (Lipinski definition) is 0. The van der Waals surface area contributed by atoms with Gasteiger partial charge in [0.05, 0.1) is 15.5 Å². The Morgan fingerprint density at radius 3 is 2.71 bits per heavy atom. The van der Waals surface area contributed by atoms with Crippen LogP contribution in [0, 0.1) is 10.1 Å². The van der Waals surface area contributed by atoms with Gasteiger partial charge in [-0.05, 0) is 43.0 Å². The lowest BCUT2D eigenvalue weighted by molar-refractivity contribution is -0.384. The molecule has 1 aromatic carbocycles. The number of rotatable bonds is 4. The van der Waals surface area contributed by atoms with Crippen molar-refractivity contribution in [1.82, 2.24) is 9.47 Å². The molecule has 1 aliphatic rings. The molecule has 3 rings (SSSR count). The maximum absolute atomic E-state index is 12.2. The Kier molecular flexibility index (Phi) is 4.22. The molecule has 1 aromatic heterocycles. The molecule has 0 aliphatic carbocycles. The third-order valence-corrected chi connectivity index (χ3v) is 4.48. The molecule has 0 saturated carbocycles. The molecule has 24 heavy (non-hydrogen) atoms. The van der Waals surface area contributed by atoms with Crippen molar-refractivity contribution < 1.29 is 14.5 Å². The molecule has 122 valence electrons. The zero-order valence-electron chi connectivity index (χ0n) is 12.7. The van der Waals surface area contributed by atoms with E-state index in [-0.39, 0.29) is 16.8 Å². The SMILES string of the molecule is CCN1C(=O)S/C(=C/c2cccn2-c2cccc([N+](=O)[O-])c2)C1=O. The monoisotopic (exact) mass is 343 g/mol. The first-order valence-electron chi connectivity index (χ1n) is 7.19. The lowest BCUT2D eigenvalue weighted by atomic mass is 10.2. The Balaban J connectivity index is 1.99. The normalized spacial score (nSPS) is 16.2. The van der Waals surface area contributed by atoms with Gasteiger partial charge in [0, 0.05) is 30.6 Å². The summed E-state index contributed by atoms with van der Waals surface area (Å²) in [7, 11) is 0. The molecular weight excluding hydrogens is 330 g/mol. The fraction of sp³-hybridized carbons (Fsp3) is 0.125. The van der Waals surface area contributed by atoms with Gasteiger partial charge in [-0.1, -0.05) is 6.07 Å². The van der Waals surface area contributed by atoms with Crippen molar-refractivity contribution in [3.05, 3.63) is 63.3 Å². The predicted molar refractivity (Wildman–Crippen MR) is 90.8 cm³/mol. The number of nitrogens with zero attached hydrogens (tertiary/aromatic N) is 3. The molecule has 0 unspecified atom stereocenters. The van der Waals surface area contributed by atoms with E-state index in [0.717, 1.165) is 11.8 Å². The Bertz CT molecular complexity index is 872. The van der Waals surface area contributed by atoms with Gasteiger partial charge in [0.15, 0.2) is 0 Å². The molecule has 2 aromatic rings. The van der Waals surface area contributed by atoms with Crippen molar-refractivity contribution in [2.75, 3.05) is 6.54 Å². The van der Waals surface area contributed by atoms with Crippen molar-refractivity contribution in [2.24, 2.45) is 0 Å². The van der Waals surface area contributed by atoms with E-state index >= 15 is 0 Å². The van der Waals surface area contributed by atoms with Gasteiger partial charge in [-0.25, -0.2) is 0 Å². The second-order valence-corrected chi connectivity index (χ2v) is 6.00. The van der Waals surface area contributed by atoms with Gasteiger partial charge in [0.2, 0.25) is 0 Å². The maximum atomic E-state index is 12.2. The molecular formula is C16H13N3O4S. The molecule has 8 heteroatoms. The first-order chi connectivity index (χ1) is 11.5. The van der Waals surface area contributed by atoms with Crippen LogP contribution in [-0.4, -0.2) is 32.1 Å². The summed E-state index contributed by atoms with van der Waals surface area (Å²) in [5.74, 6) is -0.320. The summed E-state index contributed by atoms with van der Waals surface area (Å²) in [5, 5.41) is 10.6. The van der Waals surface area contributed by atoms with Crippen LogP contribution in [0.1, 0.15) is 12.6 Å². The van der Waals surface area contributed by atoms with Crippen molar-refractivity contribution in [1.29, 1.82) is 0 Å². The molecule has 1 aliphatic heterocycles. The van der Waals surface area contributed by atoms with Crippen LogP contribution in [0.5, 0.6) is 0 Å². The van der Waals surface area contributed by atoms with Crippen LogP contribution in [0.3, 0.4) is 0 Å². The van der Waals surface area contributed by atoms with Gasteiger partial charge in [-0.15, -0.1) is 0 Å². The average Bonchev–Trinajstić information content (AvgIpc) is 3.12. The topological polar surface area (TPSA) is 85.4 Å². The van der Waals surface area contributed by atoms with Crippen LogP contribution in [0.4, 0.5) is 10.5 Å². The minimum absolute atomic E-state index is 0.0153. The van der Waals surface area contributed by atoms with E-state index < -0.39 is 4.92 Å². The van der Waals surface area contributed by atoms with Crippen molar-refractivity contribution >= 4 is 34.7 Å². The lowest BCUT2D eigenvalue weighted by Crippen LogP contribution is -2.27. The number of nitro benzene ring substituents is 1. The quantitative estimate of drug-likeness (QED) is 0.482. The minimum atomic E-state index is -0.459. The van der Waals surface area contributed by atoms with Gasteiger partial charge in [-0.2, -0.15) is 0 Å². The summed E-state index contributed by atoms with van der Waals surface area (Å²) in [6.07, 6.45) is 3.37. The average molecular weight is 343 g/mol. The highest BCUT2D eigenvalue weighted by Gasteiger charge is 2.33. The van der Waals surface area contributed by atoms with Gasteiger partial charge in [0.1, 0.15) is 0 Å². The van der Waals surface area contributed by atoms with E-state index in [4.69, 9.17) is 0 Å². The van der Waals surface area contributed by atoms with Gasteiger partial charge in [-0.3, -0.25) is 24.6 Å². The van der Waals surface area contributed by atoms with Crippen LogP contribution in [0.15, 0.2) is 47.5 Å². The number of imide groups is 1. The zero-order chi connectivity index (χ0) is 17.3. The van der Waals surface area contributed by atoms with Crippen LogP contribution in [0.25, 0.3) is 11.8 Å². The summed E-state index contributed by atoms with van der Waals surface area (Å²) < 4.78 is 1.73. The van der Waals surface area contributed by atoms with Crippen molar-refractivity contribution in [3.8, 4) is 5.69 Å². The molecule has 2 heterocycles. The second-order valence-electron chi connectivity index (χ2n) is 5.01. The van der Waals surface area contributed by atoms with Crippen LogP contribution in [-0.2, 0) is 4.79 Å². The summed E-state index contributed by atoms with van der Waals surface area (Å²) in [5.41, 5.74) is 1.26. The molecule has 0 N–H and O–H groups in total. The number of likely N-dealkylation sites (N-methyl/N-ethyl adjacent to an activating group) is 1. The van der Waals surface area contributed by atoms with E-state index in [9.17, 15) is 19.7 Å². The van der Waals surface area contributed by atoms with E-state index in [1.165, 1.54) is 17.0 Å². The summed E-state index contributed by atoms with van der Waals surface area (Å²) in [6, 6.07) is 9.76. The number of amides is 2. The third-order valence-electron chi connectivity index (χ3n) is 3.57. The Hall–Kier alpha value is -2.87. The van der Waals surface area contributed by atoms with E-state index in [2.05, 4.69) is 0 Å². The van der Waals surface area contributed by atoms with E-state index in [1.54, 1.807) is 48.0 Å². The fourth-order valence-electron chi connectivity index (χ4n) is 2.41. The molecule has 0 radical (unpaired) electrons. The molecule has 0 atom stereocenters. The third kappa shape index (κ3) is 2.83. The van der Waals surface area contributed by atoms with Gasteiger partial charge >= 0.3 is 0 Å². The summed E-state index contributed by atoms with van der Waals surface area (Å²) in [6.45, 7) is 2.07. The Morgan fingerprint density at radius 1 is 1.25 bits per heavy atom. The number of non-ortho nitro benzene ring substituents is 1. The lowest BCUT2D eigenvalue weighted by Gasteiger charge is -2.08. The van der Waals surface area contributed by atoms with Crippen LogP contribution in [0.2, 0.25) is 0 Å². The highest BCUT2D eigenvalue weighted by molar-refractivity contribution is 8.18. The number of carbonyl (C=O) groups is 2. The highest BCUT2D eigenvalue weighted by Crippen LogP contribution is 2.32. The molecule has 1 fully saturated rings. The Morgan fingerprint density at radius 2 is 2.04 bits per heavy atom. The maximum Gasteiger partial charge on any atom is 0.293 e. The molecule has 0 bridgehead atoms. The summed E-state index contributed by atoms with van der Waals surface area (Å²) >= 11 is 0.894. The zero-order valence-corrected chi connectivity index (χ0v) is 13.5. The molecule has 7 nitrogen and oxygen atoms in total. The van der Waals surface area contributed by atoms with Gasteiger partial charge < -0.3 is 4.57 Å². The molecule has 0 spiro atoms. The number of nitro groups is 1.